The van der Waals surface area contributed by atoms with E-state index in [9.17, 15) is 0 Å². The summed E-state index contributed by atoms with van der Waals surface area (Å²) in [6.45, 7) is 11.9. The highest BCUT2D eigenvalue weighted by atomic mass is 32.1. The summed E-state index contributed by atoms with van der Waals surface area (Å²) >= 11 is 1.86. The molecule has 16 heavy (non-hydrogen) atoms. The van der Waals surface area contributed by atoms with E-state index in [4.69, 9.17) is 0 Å². The molecule has 0 bridgehead atoms. The zero-order valence-electron chi connectivity index (χ0n) is 10.9. The van der Waals surface area contributed by atoms with Gasteiger partial charge >= 0.3 is 0 Å². The smallest absolute Gasteiger partial charge is 0.0303 e. The van der Waals surface area contributed by atoms with E-state index in [1.807, 2.05) is 11.3 Å². The van der Waals surface area contributed by atoms with Gasteiger partial charge in [0.1, 0.15) is 0 Å². The lowest BCUT2D eigenvalue weighted by atomic mass is 10.1. The van der Waals surface area contributed by atoms with E-state index >= 15 is 0 Å². The van der Waals surface area contributed by atoms with Crippen molar-refractivity contribution >= 4 is 11.3 Å². The molecule has 1 rings (SSSR count). The molecule has 0 unspecified atom stereocenters. The maximum absolute atomic E-state index is 3.54. The second kappa shape index (κ2) is 6.38. The fourth-order valence-electron chi connectivity index (χ4n) is 1.87. The molecule has 92 valence electrons. The number of thiophene rings is 1. The lowest BCUT2D eigenvalue weighted by Gasteiger charge is -2.26. The monoisotopic (exact) mass is 240 g/mol. The Bertz CT molecular complexity index is 305. The molecule has 0 spiro atoms. The molecule has 2 nitrogen and oxygen atoms in total. The minimum Gasteiger partial charge on any atom is -0.311 e. The molecule has 0 fully saturated rings. The zero-order valence-corrected chi connectivity index (χ0v) is 11.7. The van der Waals surface area contributed by atoms with Crippen LogP contribution in [0.25, 0.3) is 0 Å². The van der Waals surface area contributed by atoms with Gasteiger partial charge in [0.25, 0.3) is 0 Å². The average Bonchev–Trinajstić information content (AvgIpc) is 2.64. The van der Waals surface area contributed by atoms with E-state index in [1.165, 1.54) is 10.4 Å². The van der Waals surface area contributed by atoms with Crippen molar-refractivity contribution in [1.82, 2.24) is 10.6 Å². The summed E-state index contributed by atoms with van der Waals surface area (Å²) in [4.78, 5) is 1.48. The van der Waals surface area contributed by atoms with E-state index in [0.29, 0.717) is 0 Å². The van der Waals surface area contributed by atoms with Crippen LogP contribution in [0.4, 0.5) is 0 Å². The Morgan fingerprint density at radius 2 is 2.06 bits per heavy atom. The Kier molecular flexibility index (Phi) is 5.46. The van der Waals surface area contributed by atoms with Crippen LogP contribution in [-0.2, 0) is 13.0 Å². The molecule has 0 aromatic carbocycles. The fraction of sp³-hybridized carbons (Fsp3) is 0.692. The highest BCUT2D eigenvalue weighted by Crippen LogP contribution is 2.17. The predicted octanol–water partition coefficient (Wildman–Crippen LogP) is 2.79. The van der Waals surface area contributed by atoms with Crippen molar-refractivity contribution < 1.29 is 0 Å². The van der Waals surface area contributed by atoms with Gasteiger partial charge in [-0.3, -0.25) is 0 Å². The fourth-order valence-corrected chi connectivity index (χ4v) is 2.81. The number of hydrogen-bond donors (Lipinski definition) is 2. The van der Waals surface area contributed by atoms with Crippen molar-refractivity contribution in [3.8, 4) is 0 Å². The molecule has 0 atom stereocenters. The Balaban J connectivity index is 2.35. The van der Waals surface area contributed by atoms with Gasteiger partial charge in [-0.15, -0.1) is 11.3 Å². The normalized spacial score (nSPS) is 12.0. The summed E-state index contributed by atoms with van der Waals surface area (Å²) in [5, 5.41) is 9.19. The van der Waals surface area contributed by atoms with Gasteiger partial charge in [0.15, 0.2) is 0 Å². The number of aryl methyl sites for hydroxylation is 1. The summed E-state index contributed by atoms with van der Waals surface area (Å²) in [6.07, 6.45) is 1.14. The average molecular weight is 240 g/mol. The van der Waals surface area contributed by atoms with Crippen LogP contribution in [0.1, 0.15) is 38.1 Å². The molecule has 1 aromatic heterocycles. The molecule has 1 aromatic rings. The first-order valence-electron chi connectivity index (χ1n) is 6.10. The lowest BCUT2D eigenvalue weighted by molar-refractivity contribution is 0.373. The number of rotatable bonds is 7. The van der Waals surface area contributed by atoms with Crippen LogP contribution in [-0.4, -0.2) is 18.6 Å². The van der Waals surface area contributed by atoms with E-state index in [2.05, 4.69) is 49.8 Å². The quantitative estimate of drug-likeness (QED) is 0.766. The first-order valence-corrected chi connectivity index (χ1v) is 6.98. The first kappa shape index (κ1) is 13.7. The Hall–Kier alpha value is -0.380. The first-order chi connectivity index (χ1) is 7.59. The molecule has 0 saturated heterocycles. The largest absolute Gasteiger partial charge is 0.311 e. The van der Waals surface area contributed by atoms with E-state index in [1.54, 1.807) is 0 Å². The maximum atomic E-state index is 3.54. The Morgan fingerprint density at radius 3 is 2.69 bits per heavy atom. The number of likely N-dealkylation sites (N-methyl/N-ethyl adjacent to an activating group) is 1. The van der Waals surface area contributed by atoms with Gasteiger partial charge in [0, 0.05) is 23.5 Å². The van der Waals surface area contributed by atoms with Gasteiger partial charge in [0.2, 0.25) is 0 Å². The van der Waals surface area contributed by atoms with Gasteiger partial charge in [-0.05, 0) is 43.8 Å². The van der Waals surface area contributed by atoms with Gasteiger partial charge < -0.3 is 10.6 Å². The molecule has 0 saturated carbocycles. The summed E-state index contributed by atoms with van der Waals surface area (Å²) in [6, 6.07) is 2.23. The summed E-state index contributed by atoms with van der Waals surface area (Å²) in [7, 11) is 0. The van der Waals surface area contributed by atoms with E-state index in [-0.39, 0.29) is 5.54 Å². The molecule has 0 radical (unpaired) electrons. The highest BCUT2D eigenvalue weighted by molar-refractivity contribution is 7.10. The Morgan fingerprint density at radius 1 is 1.31 bits per heavy atom. The van der Waals surface area contributed by atoms with Gasteiger partial charge in [-0.25, -0.2) is 0 Å². The van der Waals surface area contributed by atoms with Gasteiger partial charge in [-0.2, -0.15) is 0 Å². The van der Waals surface area contributed by atoms with Crippen molar-refractivity contribution in [2.75, 3.05) is 13.1 Å². The van der Waals surface area contributed by atoms with Crippen molar-refractivity contribution in [1.29, 1.82) is 0 Å². The molecule has 0 aliphatic rings. The standard InChI is InChI=1S/C13H24N2S/c1-5-11-7-8-16-12(11)9-14-10-13(3,4)15-6-2/h7-8,14-15H,5-6,9-10H2,1-4H3. The zero-order chi connectivity index (χ0) is 12.0. The topological polar surface area (TPSA) is 24.1 Å². The molecule has 1 heterocycles. The van der Waals surface area contributed by atoms with Crippen LogP contribution in [0, 0.1) is 0 Å². The molecule has 3 heteroatoms. The van der Waals surface area contributed by atoms with Gasteiger partial charge in [0.05, 0.1) is 0 Å². The van der Waals surface area contributed by atoms with Crippen LogP contribution < -0.4 is 10.6 Å². The van der Waals surface area contributed by atoms with Crippen LogP contribution in [0.3, 0.4) is 0 Å². The van der Waals surface area contributed by atoms with Crippen LogP contribution in [0.15, 0.2) is 11.4 Å². The molecule has 2 N–H and O–H groups in total. The second-order valence-corrected chi connectivity index (χ2v) is 5.74. The molecular weight excluding hydrogens is 216 g/mol. The minimum atomic E-state index is 0.179. The van der Waals surface area contributed by atoms with Crippen molar-refractivity contribution in [3.63, 3.8) is 0 Å². The van der Waals surface area contributed by atoms with Crippen LogP contribution in [0.2, 0.25) is 0 Å². The van der Waals surface area contributed by atoms with Gasteiger partial charge in [-0.1, -0.05) is 13.8 Å². The number of hydrogen-bond acceptors (Lipinski definition) is 3. The van der Waals surface area contributed by atoms with E-state index in [0.717, 1.165) is 26.1 Å². The summed E-state index contributed by atoms with van der Waals surface area (Å²) < 4.78 is 0. The lowest BCUT2D eigenvalue weighted by Crippen LogP contribution is -2.47. The minimum absolute atomic E-state index is 0.179. The number of nitrogens with one attached hydrogen (secondary N) is 2. The van der Waals surface area contributed by atoms with Crippen LogP contribution in [0.5, 0.6) is 0 Å². The third-order valence-electron chi connectivity index (χ3n) is 2.73. The molecular formula is C13H24N2S. The van der Waals surface area contributed by atoms with Crippen molar-refractivity contribution in [3.05, 3.63) is 21.9 Å². The van der Waals surface area contributed by atoms with Crippen LogP contribution >= 0.6 is 11.3 Å². The third-order valence-corrected chi connectivity index (χ3v) is 3.69. The molecule has 0 amide bonds. The second-order valence-electron chi connectivity index (χ2n) is 4.74. The SMILES string of the molecule is CCNC(C)(C)CNCc1sccc1CC. The Labute approximate surface area is 103 Å². The third kappa shape index (κ3) is 4.24. The molecule has 0 aliphatic heterocycles. The highest BCUT2D eigenvalue weighted by Gasteiger charge is 2.15. The molecule has 0 aliphatic carbocycles. The van der Waals surface area contributed by atoms with Crippen molar-refractivity contribution in [2.24, 2.45) is 0 Å². The predicted molar refractivity (Wildman–Crippen MR) is 73.2 cm³/mol. The maximum Gasteiger partial charge on any atom is 0.0303 e. The summed E-state index contributed by atoms with van der Waals surface area (Å²) in [5.74, 6) is 0. The van der Waals surface area contributed by atoms with Crippen molar-refractivity contribution in [2.45, 2.75) is 46.2 Å². The van der Waals surface area contributed by atoms with E-state index < -0.39 is 0 Å². The summed E-state index contributed by atoms with van der Waals surface area (Å²) in [5.41, 5.74) is 1.66.